The molecule has 0 heterocycles. The van der Waals surface area contributed by atoms with Crippen LogP contribution in [0.4, 0.5) is 10.1 Å². The summed E-state index contributed by atoms with van der Waals surface area (Å²) < 4.78 is 13.8. The molecule has 2 nitrogen and oxygen atoms in total. The van der Waals surface area contributed by atoms with Crippen LogP contribution in [-0.4, -0.2) is 5.78 Å². The molecule has 0 spiro atoms. The van der Waals surface area contributed by atoms with Crippen LogP contribution in [-0.2, 0) is 6.42 Å². The summed E-state index contributed by atoms with van der Waals surface area (Å²) in [5.74, 6) is -0.463. The summed E-state index contributed by atoms with van der Waals surface area (Å²) in [5.41, 5.74) is 7.30. The third-order valence-corrected chi connectivity index (χ3v) is 3.06. The fraction of sp³-hybridized carbons (Fsp3) is 0.0714. The Morgan fingerprint density at radius 2 is 2.00 bits per heavy atom. The highest BCUT2D eigenvalue weighted by Gasteiger charge is 2.11. The number of benzene rings is 2. The van der Waals surface area contributed by atoms with Gasteiger partial charge in [-0.1, -0.05) is 28.1 Å². The van der Waals surface area contributed by atoms with Gasteiger partial charge in [-0.3, -0.25) is 4.79 Å². The lowest BCUT2D eigenvalue weighted by atomic mass is 10.0. The van der Waals surface area contributed by atoms with E-state index in [-0.39, 0.29) is 18.0 Å². The van der Waals surface area contributed by atoms with Crippen LogP contribution in [0.2, 0.25) is 0 Å². The van der Waals surface area contributed by atoms with Gasteiger partial charge in [0.2, 0.25) is 0 Å². The second-order valence-corrected chi connectivity index (χ2v) is 4.88. The number of carbonyl (C=O) groups is 1. The van der Waals surface area contributed by atoms with Crippen molar-refractivity contribution in [2.75, 3.05) is 5.73 Å². The van der Waals surface area contributed by atoms with Gasteiger partial charge < -0.3 is 5.73 Å². The third-order valence-electron chi connectivity index (χ3n) is 2.57. The Labute approximate surface area is 113 Å². The lowest BCUT2D eigenvalue weighted by molar-refractivity contribution is 0.0994. The van der Waals surface area contributed by atoms with Crippen LogP contribution in [0.25, 0.3) is 0 Å². The number of hydrogen-bond donors (Lipinski definition) is 1. The van der Waals surface area contributed by atoms with Gasteiger partial charge in [-0.15, -0.1) is 0 Å². The summed E-state index contributed by atoms with van der Waals surface area (Å²) in [5, 5.41) is 0. The lowest BCUT2D eigenvalue weighted by Crippen LogP contribution is -2.07. The molecule has 0 saturated carbocycles. The van der Waals surface area contributed by atoms with Crippen molar-refractivity contribution < 1.29 is 9.18 Å². The standard InChI is InChI=1S/C14H11BrFNO/c15-10-4-5-12(13(17)8-10)14(18)7-9-2-1-3-11(16)6-9/h1-6,8H,7,17H2. The Kier molecular flexibility index (Phi) is 3.77. The summed E-state index contributed by atoms with van der Waals surface area (Å²) >= 11 is 3.28. The zero-order valence-corrected chi connectivity index (χ0v) is 11.1. The lowest BCUT2D eigenvalue weighted by Gasteiger charge is -2.05. The summed E-state index contributed by atoms with van der Waals surface area (Å²) in [7, 11) is 0. The predicted octanol–water partition coefficient (Wildman–Crippen LogP) is 3.60. The first-order chi connectivity index (χ1) is 8.56. The zero-order chi connectivity index (χ0) is 13.1. The maximum atomic E-state index is 13.0. The number of ketones is 1. The fourth-order valence-corrected chi connectivity index (χ4v) is 2.09. The first-order valence-electron chi connectivity index (χ1n) is 5.39. The Morgan fingerprint density at radius 3 is 2.67 bits per heavy atom. The number of rotatable bonds is 3. The smallest absolute Gasteiger partial charge is 0.169 e. The zero-order valence-electron chi connectivity index (χ0n) is 9.49. The molecule has 18 heavy (non-hydrogen) atoms. The van der Waals surface area contributed by atoms with Crippen molar-refractivity contribution in [2.24, 2.45) is 0 Å². The van der Waals surface area contributed by atoms with Gasteiger partial charge in [0.15, 0.2) is 5.78 Å². The molecule has 0 unspecified atom stereocenters. The molecule has 0 aliphatic rings. The summed E-state index contributed by atoms with van der Waals surface area (Å²) in [6, 6.07) is 11.1. The number of anilines is 1. The van der Waals surface area contributed by atoms with E-state index in [0.717, 1.165) is 4.47 Å². The molecule has 0 radical (unpaired) electrons. The minimum absolute atomic E-state index is 0.120. The number of hydrogen-bond acceptors (Lipinski definition) is 2. The summed E-state index contributed by atoms with van der Waals surface area (Å²) in [4.78, 5) is 12.0. The molecule has 0 aromatic heterocycles. The Bertz CT molecular complexity index is 598. The first-order valence-corrected chi connectivity index (χ1v) is 6.18. The molecule has 0 amide bonds. The van der Waals surface area contributed by atoms with E-state index in [0.29, 0.717) is 16.8 Å². The van der Waals surface area contributed by atoms with E-state index in [4.69, 9.17) is 5.73 Å². The van der Waals surface area contributed by atoms with E-state index in [1.807, 2.05) is 0 Å². The van der Waals surface area contributed by atoms with Crippen molar-refractivity contribution in [1.29, 1.82) is 0 Å². The Balaban J connectivity index is 2.22. The van der Waals surface area contributed by atoms with Gasteiger partial charge in [-0.05, 0) is 35.9 Å². The minimum atomic E-state index is -0.343. The van der Waals surface area contributed by atoms with Crippen molar-refractivity contribution in [1.82, 2.24) is 0 Å². The van der Waals surface area contributed by atoms with E-state index in [2.05, 4.69) is 15.9 Å². The molecule has 0 aliphatic heterocycles. The number of Topliss-reactive ketones (excluding diaryl/α,β-unsaturated/α-hetero) is 1. The van der Waals surface area contributed by atoms with E-state index < -0.39 is 0 Å². The van der Waals surface area contributed by atoms with Crippen LogP contribution in [0.3, 0.4) is 0 Å². The quantitative estimate of drug-likeness (QED) is 0.695. The molecular weight excluding hydrogens is 297 g/mol. The maximum absolute atomic E-state index is 13.0. The average molecular weight is 308 g/mol. The molecule has 4 heteroatoms. The predicted molar refractivity (Wildman–Crippen MR) is 73.0 cm³/mol. The monoisotopic (exact) mass is 307 g/mol. The van der Waals surface area contributed by atoms with Crippen LogP contribution in [0.1, 0.15) is 15.9 Å². The molecule has 0 saturated heterocycles. The van der Waals surface area contributed by atoms with Crippen LogP contribution in [0.15, 0.2) is 46.9 Å². The van der Waals surface area contributed by atoms with Gasteiger partial charge in [-0.25, -0.2) is 4.39 Å². The topological polar surface area (TPSA) is 43.1 Å². The van der Waals surface area contributed by atoms with E-state index >= 15 is 0 Å². The van der Waals surface area contributed by atoms with Gasteiger partial charge >= 0.3 is 0 Å². The van der Waals surface area contributed by atoms with Gasteiger partial charge in [0.1, 0.15) is 5.82 Å². The number of nitrogen functional groups attached to an aromatic ring is 1. The minimum Gasteiger partial charge on any atom is -0.398 e. The SMILES string of the molecule is Nc1cc(Br)ccc1C(=O)Cc1cccc(F)c1. The molecule has 92 valence electrons. The van der Waals surface area contributed by atoms with Crippen LogP contribution < -0.4 is 5.73 Å². The molecule has 0 fully saturated rings. The summed E-state index contributed by atoms with van der Waals surface area (Å²) in [6.45, 7) is 0. The molecule has 2 aromatic carbocycles. The van der Waals surface area contributed by atoms with Crippen molar-refractivity contribution in [3.05, 3.63) is 63.9 Å². The van der Waals surface area contributed by atoms with Crippen LogP contribution in [0.5, 0.6) is 0 Å². The average Bonchev–Trinajstić information content (AvgIpc) is 2.28. The Hall–Kier alpha value is -1.68. The number of nitrogens with two attached hydrogens (primary N) is 1. The number of halogens is 2. The molecule has 2 N–H and O–H groups in total. The summed E-state index contributed by atoms with van der Waals surface area (Å²) in [6.07, 6.45) is 0.142. The van der Waals surface area contributed by atoms with Crippen molar-refractivity contribution in [3.8, 4) is 0 Å². The fourth-order valence-electron chi connectivity index (χ4n) is 1.72. The third kappa shape index (κ3) is 2.96. The second kappa shape index (κ2) is 5.31. The normalized spacial score (nSPS) is 10.3. The number of carbonyl (C=O) groups excluding carboxylic acids is 1. The molecule has 0 bridgehead atoms. The van der Waals surface area contributed by atoms with E-state index in [1.54, 1.807) is 30.3 Å². The highest BCUT2D eigenvalue weighted by molar-refractivity contribution is 9.10. The Morgan fingerprint density at radius 1 is 1.22 bits per heavy atom. The first kappa shape index (κ1) is 12.8. The largest absolute Gasteiger partial charge is 0.398 e. The van der Waals surface area contributed by atoms with Crippen LogP contribution in [0, 0.1) is 5.82 Å². The van der Waals surface area contributed by atoms with Gasteiger partial charge in [0.25, 0.3) is 0 Å². The van der Waals surface area contributed by atoms with Crippen molar-refractivity contribution >= 4 is 27.4 Å². The van der Waals surface area contributed by atoms with Gasteiger partial charge in [-0.2, -0.15) is 0 Å². The molecule has 0 aliphatic carbocycles. The van der Waals surface area contributed by atoms with Gasteiger partial charge in [0.05, 0.1) is 0 Å². The van der Waals surface area contributed by atoms with Gasteiger partial charge in [0, 0.05) is 22.1 Å². The second-order valence-electron chi connectivity index (χ2n) is 3.96. The maximum Gasteiger partial charge on any atom is 0.169 e. The highest BCUT2D eigenvalue weighted by atomic mass is 79.9. The van der Waals surface area contributed by atoms with Crippen LogP contribution >= 0.6 is 15.9 Å². The van der Waals surface area contributed by atoms with Crippen molar-refractivity contribution in [2.45, 2.75) is 6.42 Å². The molecule has 2 rings (SSSR count). The molecule has 2 aromatic rings. The van der Waals surface area contributed by atoms with E-state index in [1.165, 1.54) is 12.1 Å². The van der Waals surface area contributed by atoms with Crippen molar-refractivity contribution in [3.63, 3.8) is 0 Å². The highest BCUT2D eigenvalue weighted by Crippen LogP contribution is 2.20. The van der Waals surface area contributed by atoms with E-state index in [9.17, 15) is 9.18 Å². The molecule has 0 atom stereocenters. The molecular formula is C14H11BrFNO.